The van der Waals surface area contributed by atoms with Crippen LogP contribution in [0, 0.1) is 11.8 Å². The first-order valence-corrected chi connectivity index (χ1v) is 7.55. The van der Waals surface area contributed by atoms with E-state index in [0.29, 0.717) is 9.75 Å². The Morgan fingerprint density at radius 3 is 2.70 bits per heavy atom. The lowest BCUT2D eigenvalue weighted by Gasteiger charge is -2.04. The van der Waals surface area contributed by atoms with Gasteiger partial charge in [0.1, 0.15) is 6.61 Å². The Hall–Kier alpha value is -2.82. The Morgan fingerprint density at radius 1 is 1.17 bits per heavy atom. The van der Waals surface area contributed by atoms with Gasteiger partial charge in [0.25, 0.3) is 5.91 Å². The van der Waals surface area contributed by atoms with Crippen LogP contribution in [0.5, 0.6) is 0 Å². The van der Waals surface area contributed by atoms with E-state index < -0.39 is 6.09 Å². The maximum Gasteiger partial charge on any atom is 0.408 e. The number of nitrogens with two attached hydrogens (primary N) is 1. The fraction of sp³-hybridized carbons (Fsp3) is 0.125. The molecule has 0 fully saturated rings. The van der Waals surface area contributed by atoms with Crippen molar-refractivity contribution < 1.29 is 14.3 Å². The molecule has 1 aromatic carbocycles. The molecule has 4 N–H and O–H groups in total. The molecular weight excluding hydrogens is 314 g/mol. The van der Waals surface area contributed by atoms with Crippen LogP contribution < -0.4 is 16.6 Å². The number of carbonyl (C=O) groups excluding carboxylic acids is 2. The van der Waals surface area contributed by atoms with E-state index >= 15 is 0 Å². The lowest BCUT2D eigenvalue weighted by Crippen LogP contribution is -2.29. The summed E-state index contributed by atoms with van der Waals surface area (Å²) in [6.07, 6.45) is -0.530. The molecule has 0 aliphatic carbocycles. The molecule has 1 aromatic heterocycles. The van der Waals surface area contributed by atoms with Gasteiger partial charge in [-0.1, -0.05) is 42.2 Å². The molecule has 7 heteroatoms. The van der Waals surface area contributed by atoms with Crippen molar-refractivity contribution in [3.05, 3.63) is 57.8 Å². The number of alkyl carbamates (subject to hydrolysis) is 1. The Morgan fingerprint density at radius 2 is 1.96 bits per heavy atom. The summed E-state index contributed by atoms with van der Waals surface area (Å²) in [5, 5.41) is 2.53. The van der Waals surface area contributed by atoms with E-state index in [1.165, 1.54) is 11.3 Å². The molecule has 23 heavy (non-hydrogen) atoms. The number of hydrogen-bond acceptors (Lipinski definition) is 5. The number of amides is 2. The van der Waals surface area contributed by atoms with E-state index in [0.717, 1.165) is 5.56 Å². The monoisotopic (exact) mass is 329 g/mol. The van der Waals surface area contributed by atoms with Crippen LogP contribution in [-0.2, 0) is 11.3 Å². The number of ether oxygens (including phenoxy) is 1. The highest BCUT2D eigenvalue weighted by atomic mass is 32.1. The highest BCUT2D eigenvalue weighted by Crippen LogP contribution is 2.14. The third-order valence-electron chi connectivity index (χ3n) is 2.71. The average molecular weight is 329 g/mol. The second kappa shape index (κ2) is 8.58. The molecule has 0 unspecified atom stereocenters. The predicted molar refractivity (Wildman–Crippen MR) is 87.5 cm³/mol. The molecule has 0 aliphatic rings. The van der Waals surface area contributed by atoms with Crippen molar-refractivity contribution in [1.82, 2.24) is 10.7 Å². The van der Waals surface area contributed by atoms with Crippen molar-refractivity contribution in [2.45, 2.75) is 6.61 Å². The first-order chi connectivity index (χ1) is 11.2. The van der Waals surface area contributed by atoms with Gasteiger partial charge in [0.15, 0.2) is 0 Å². The molecule has 0 bridgehead atoms. The zero-order valence-electron chi connectivity index (χ0n) is 12.2. The Labute approximate surface area is 137 Å². The molecule has 0 spiro atoms. The van der Waals surface area contributed by atoms with Crippen LogP contribution in [0.1, 0.15) is 20.1 Å². The third-order valence-corrected chi connectivity index (χ3v) is 3.71. The minimum Gasteiger partial charge on any atom is -0.445 e. The standard InChI is InChI=1S/C16H15N3O3S/c17-19-15(20)14-9-8-13(23-14)7-4-10-18-16(21)22-11-12-5-2-1-3-6-12/h1-3,5-6,8-9H,10-11,17H2,(H,18,21)(H,19,20). The van der Waals surface area contributed by atoms with Crippen LogP contribution >= 0.6 is 11.3 Å². The van der Waals surface area contributed by atoms with Crippen molar-refractivity contribution in [3.63, 3.8) is 0 Å². The normalized spacial score (nSPS) is 9.43. The number of benzene rings is 1. The smallest absolute Gasteiger partial charge is 0.408 e. The molecule has 0 saturated heterocycles. The van der Waals surface area contributed by atoms with Crippen LogP contribution in [0.25, 0.3) is 0 Å². The van der Waals surface area contributed by atoms with Gasteiger partial charge in [0.05, 0.1) is 16.3 Å². The van der Waals surface area contributed by atoms with Crippen LogP contribution in [0.2, 0.25) is 0 Å². The largest absolute Gasteiger partial charge is 0.445 e. The zero-order valence-corrected chi connectivity index (χ0v) is 13.0. The second-order valence-electron chi connectivity index (χ2n) is 4.35. The van der Waals surface area contributed by atoms with Gasteiger partial charge in [-0.05, 0) is 17.7 Å². The number of rotatable bonds is 4. The molecule has 0 radical (unpaired) electrons. The van der Waals surface area contributed by atoms with Gasteiger partial charge in [-0.3, -0.25) is 10.2 Å². The summed E-state index contributed by atoms with van der Waals surface area (Å²) in [6.45, 7) is 0.368. The molecule has 1 heterocycles. The first-order valence-electron chi connectivity index (χ1n) is 6.73. The van der Waals surface area contributed by atoms with E-state index in [1.807, 2.05) is 30.3 Å². The van der Waals surface area contributed by atoms with Gasteiger partial charge >= 0.3 is 6.09 Å². The Kier molecular flexibility index (Phi) is 6.17. The van der Waals surface area contributed by atoms with Crippen LogP contribution in [0.3, 0.4) is 0 Å². The Balaban J connectivity index is 1.73. The van der Waals surface area contributed by atoms with Gasteiger partial charge in [0, 0.05) is 0 Å². The van der Waals surface area contributed by atoms with Crippen LogP contribution in [0.4, 0.5) is 4.79 Å². The molecule has 2 rings (SSSR count). The number of thiophene rings is 1. The summed E-state index contributed by atoms with van der Waals surface area (Å²) >= 11 is 1.22. The number of carbonyl (C=O) groups is 2. The molecule has 6 nitrogen and oxygen atoms in total. The van der Waals surface area contributed by atoms with Gasteiger partial charge in [-0.2, -0.15) is 0 Å². The predicted octanol–water partition coefficient (Wildman–Crippen LogP) is 1.63. The van der Waals surface area contributed by atoms with Crippen molar-refractivity contribution in [2.24, 2.45) is 5.84 Å². The summed E-state index contributed by atoms with van der Waals surface area (Å²) < 4.78 is 5.05. The summed E-state index contributed by atoms with van der Waals surface area (Å²) in [6, 6.07) is 12.8. The molecule has 0 aliphatic heterocycles. The SMILES string of the molecule is NNC(=O)c1ccc(C#CCNC(=O)OCc2ccccc2)s1. The Bertz CT molecular complexity index is 732. The van der Waals surface area contributed by atoms with E-state index in [-0.39, 0.29) is 19.1 Å². The average Bonchev–Trinajstić information content (AvgIpc) is 3.06. The number of nitrogen functional groups attached to an aromatic ring is 1. The molecule has 2 aromatic rings. The van der Waals surface area contributed by atoms with Gasteiger partial charge in [-0.25, -0.2) is 10.6 Å². The van der Waals surface area contributed by atoms with E-state index in [1.54, 1.807) is 12.1 Å². The van der Waals surface area contributed by atoms with E-state index in [2.05, 4.69) is 22.6 Å². The minimum atomic E-state index is -0.530. The van der Waals surface area contributed by atoms with Gasteiger partial charge in [0.2, 0.25) is 0 Å². The van der Waals surface area contributed by atoms with E-state index in [4.69, 9.17) is 10.6 Å². The fourth-order valence-electron chi connectivity index (χ4n) is 1.62. The summed E-state index contributed by atoms with van der Waals surface area (Å²) in [5.74, 6) is 10.3. The quantitative estimate of drug-likeness (QED) is 0.344. The summed E-state index contributed by atoms with van der Waals surface area (Å²) in [7, 11) is 0. The molecule has 2 amide bonds. The maximum atomic E-state index is 11.5. The topological polar surface area (TPSA) is 93.5 Å². The number of nitrogens with one attached hydrogen (secondary N) is 2. The van der Waals surface area contributed by atoms with Crippen LogP contribution in [-0.4, -0.2) is 18.5 Å². The number of hydrogen-bond donors (Lipinski definition) is 3. The molecule has 0 atom stereocenters. The van der Waals surface area contributed by atoms with Crippen molar-refractivity contribution >= 4 is 23.3 Å². The molecule has 118 valence electrons. The van der Waals surface area contributed by atoms with E-state index in [9.17, 15) is 9.59 Å². The molecule has 0 saturated carbocycles. The van der Waals surface area contributed by atoms with Crippen molar-refractivity contribution in [3.8, 4) is 11.8 Å². The maximum absolute atomic E-state index is 11.5. The highest BCUT2D eigenvalue weighted by Gasteiger charge is 2.05. The van der Waals surface area contributed by atoms with Gasteiger partial charge < -0.3 is 10.1 Å². The van der Waals surface area contributed by atoms with Gasteiger partial charge in [-0.15, -0.1) is 11.3 Å². The van der Waals surface area contributed by atoms with Crippen molar-refractivity contribution in [1.29, 1.82) is 0 Å². The minimum absolute atomic E-state index is 0.157. The zero-order chi connectivity index (χ0) is 16.5. The van der Waals surface area contributed by atoms with Crippen molar-refractivity contribution in [2.75, 3.05) is 6.54 Å². The second-order valence-corrected chi connectivity index (χ2v) is 5.44. The van der Waals surface area contributed by atoms with Crippen LogP contribution in [0.15, 0.2) is 42.5 Å². The fourth-order valence-corrected chi connectivity index (χ4v) is 2.40. The lowest BCUT2D eigenvalue weighted by molar-refractivity contribution is 0.0957. The lowest BCUT2D eigenvalue weighted by atomic mass is 10.2. The summed E-state index contributed by atoms with van der Waals surface area (Å²) in [4.78, 5) is 24.0. The first kappa shape index (κ1) is 16.5. The molecular formula is C16H15N3O3S. The number of hydrazine groups is 1. The summed E-state index contributed by atoms with van der Waals surface area (Å²) in [5.41, 5.74) is 2.97. The highest BCUT2D eigenvalue weighted by molar-refractivity contribution is 7.14. The third kappa shape index (κ3) is 5.47.